The molecule has 0 unspecified atom stereocenters. The Hall–Kier alpha value is -2.30. The van der Waals surface area contributed by atoms with E-state index in [1.165, 1.54) is 10.6 Å². The van der Waals surface area contributed by atoms with Crippen LogP contribution in [0.25, 0.3) is 16.3 Å². The van der Waals surface area contributed by atoms with Crippen LogP contribution in [-0.4, -0.2) is 4.40 Å². The van der Waals surface area contributed by atoms with Crippen molar-refractivity contribution in [1.82, 2.24) is 4.40 Å². The third kappa shape index (κ3) is 1.87. The molecule has 3 rings (SSSR count). The highest BCUT2D eigenvalue weighted by atomic mass is 19.4. The molecular formula is C14H8F3NO. The summed E-state index contributed by atoms with van der Waals surface area (Å²) in [7, 11) is 0. The summed E-state index contributed by atoms with van der Waals surface area (Å²) in [6, 6.07) is 9.34. The summed E-state index contributed by atoms with van der Waals surface area (Å²) in [5.41, 5.74) is -1.20. The fraction of sp³-hybridized carbons (Fsp3) is 0.0714. The smallest absolute Gasteiger partial charge is 0.320 e. The third-order valence-electron chi connectivity index (χ3n) is 3.03. The molecule has 0 aliphatic rings. The molecule has 0 amide bonds. The standard InChI is InChI=1S/C14H8F3NO/c15-14(16,17)10-7-12-13(19)11-4-2-1-3-9(11)5-6-18(12)8-10/h1-8H. The van der Waals surface area contributed by atoms with Gasteiger partial charge in [0.25, 0.3) is 0 Å². The van der Waals surface area contributed by atoms with Crippen LogP contribution in [0.4, 0.5) is 13.2 Å². The second-order valence-corrected chi connectivity index (χ2v) is 4.25. The lowest BCUT2D eigenvalue weighted by Gasteiger charge is -2.00. The van der Waals surface area contributed by atoms with Crippen molar-refractivity contribution in [2.45, 2.75) is 6.18 Å². The number of aromatic nitrogens is 1. The summed E-state index contributed by atoms with van der Waals surface area (Å²) in [4.78, 5) is 12.2. The van der Waals surface area contributed by atoms with Crippen LogP contribution >= 0.6 is 0 Å². The van der Waals surface area contributed by atoms with Crippen LogP contribution in [0.2, 0.25) is 0 Å². The minimum atomic E-state index is -4.45. The third-order valence-corrected chi connectivity index (χ3v) is 3.03. The van der Waals surface area contributed by atoms with Gasteiger partial charge in [0.2, 0.25) is 5.43 Å². The molecule has 0 aliphatic carbocycles. The Morgan fingerprint density at radius 2 is 1.79 bits per heavy atom. The van der Waals surface area contributed by atoms with Gasteiger partial charge in [-0.15, -0.1) is 0 Å². The van der Waals surface area contributed by atoms with Gasteiger partial charge in [-0.3, -0.25) is 4.79 Å². The molecule has 0 fully saturated rings. The summed E-state index contributed by atoms with van der Waals surface area (Å²) in [5, 5.41) is 1.11. The first-order valence-electron chi connectivity index (χ1n) is 5.58. The van der Waals surface area contributed by atoms with Gasteiger partial charge >= 0.3 is 6.18 Å². The molecule has 2 nitrogen and oxygen atoms in total. The van der Waals surface area contributed by atoms with Crippen LogP contribution in [0.1, 0.15) is 5.56 Å². The maximum atomic E-state index is 12.7. The zero-order valence-electron chi connectivity index (χ0n) is 9.61. The molecule has 0 aliphatic heterocycles. The number of benzene rings is 1. The lowest BCUT2D eigenvalue weighted by Crippen LogP contribution is -2.02. The summed E-state index contributed by atoms with van der Waals surface area (Å²) < 4.78 is 39.2. The molecule has 3 aromatic rings. The predicted octanol–water partition coefficient (Wildman–Crippen LogP) is 3.47. The van der Waals surface area contributed by atoms with E-state index < -0.39 is 17.2 Å². The molecule has 1 aromatic carbocycles. The maximum absolute atomic E-state index is 12.7. The van der Waals surface area contributed by atoms with Crippen LogP contribution in [-0.2, 0) is 6.18 Å². The summed E-state index contributed by atoms with van der Waals surface area (Å²) in [6.07, 6.45) is -2.06. The molecule has 5 heteroatoms. The molecule has 19 heavy (non-hydrogen) atoms. The van der Waals surface area contributed by atoms with E-state index in [0.29, 0.717) is 10.8 Å². The molecule has 0 saturated heterocycles. The first-order valence-corrected chi connectivity index (χ1v) is 5.58. The molecular weight excluding hydrogens is 255 g/mol. The van der Waals surface area contributed by atoms with Crippen molar-refractivity contribution >= 4 is 16.3 Å². The highest BCUT2D eigenvalue weighted by Gasteiger charge is 2.32. The van der Waals surface area contributed by atoms with Crippen molar-refractivity contribution < 1.29 is 13.2 Å². The van der Waals surface area contributed by atoms with Crippen LogP contribution in [0.15, 0.2) is 53.6 Å². The van der Waals surface area contributed by atoms with E-state index >= 15 is 0 Å². The average molecular weight is 263 g/mol. The van der Waals surface area contributed by atoms with Crippen molar-refractivity contribution in [3.05, 3.63) is 64.6 Å². The highest BCUT2D eigenvalue weighted by Crippen LogP contribution is 2.30. The van der Waals surface area contributed by atoms with Gasteiger partial charge in [-0.2, -0.15) is 13.2 Å². The van der Waals surface area contributed by atoms with E-state index in [2.05, 4.69) is 0 Å². The van der Waals surface area contributed by atoms with Crippen molar-refractivity contribution in [2.75, 3.05) is 0 Å². The van der Waals surface area contributed by atoms with E-state index in [1.54, 1.807) is 30.3 Å². The first-order chi connectivity index (χ1) is 8.97. The SMILES string of the molecule is O=c1c2ccccc2ccn2cc(C(F)(F)F)cc12. The average Bonchev–Trinajstić information content (AvgIpc) is 2.75. The molecule has 96 valence electrons. The number of nitrogens with zero attached hydrogens (tertiary/aromatic N) is 1. The summed E-state index contributed by atoms with van der Waals surface area (Å²) in [5.74, 6) is 0. The predicted molar refractivity (Wildman–Crippen MR) is 66.2 cm³/mol. The minimum Gasteiger partial charge on any atom is -0.320 e. The van der Waals surface area contributed by atoms with Crippen LogP contribution in [0.3, 0.4) is 0 Å². The molecule has 0 bridgehead atoms. The monoisotopic (exact) mass is 263 g/mol. The Balaban J connectivity index is 2.46. The van der Waals surface area contributed by atoms with E-state index in [1.807, 2.05) is 0 Å². The Kier molecular flexibility index (Phi) is 2.38. The zero-order valence-corrected chi connectivity index (χ0v) is 9.61. The fourth-order valence-electron chi connectivity index (χ4n) is 2.09. The largest absolute Gasteiger partial charge is 0.417 e. The molecule has 0 N–H and O–H groups in total. The molecule has 0 spiro atoms. The van der Waals surface area contributed by atoms with E-state index in [9.17, 15) is 18.0 Å². The lowest BCUT2D eigenvalue weighted by molar-refractivity contribution is -0.137. The van der Waals surface area contributed by atoms with Gasteiger partial charge in [0, 0.05) is 17.8 Å². The summed E-state index contributed by atoms with van der Waals surface area (Å²) >= 11 is 0. The number of hydrogen-bond donors (Lipinski definition) is 0. The van der Waals surface area contributed by atoms with Crippen molar-refractivity contribution in [2.24, 2.45) is 0 Å². The Bertz CT molecular complexity index is 833. The molecule has 0 atom stereocenters. The molecule has 0 radical (unpaired) electrons. The number of hydrogen-bond acceptors (Lipinski definition) is 1. The number of fused-ring (bicyclic) bond motifs is 2. The van der Waals surface area contributed by atoms with Crippen molar-refractivity contribution in [3.8, 4) is 0 Å². The lowest BCUT2D eigenvalue weighted by atomic mass is 10.2. The van der Waals surface area contributed by atoms with Gasteiger partial charge in [-0.05, 0) is 17.5 Å². The van der Waals surface area contributed by atoms with Gasteiger partial charge in [0.1, 0.15) is 0 Å². The summed E-state index contributed by atoms with van der Waals surface area (Å²) in [6.45, 7) is 0. The Labute approximate surface area is 105 Å². The Morgan fingerprint density at radius 3 is 2.53 bits per heavy atom. The normalized spacial score (nSPS) is 12.2. The second-order valence-electron chi connectivity index (χ2n) is 4.25. The van der Waals surface area contributed by atoms with Crippen molar-refractivity contribution in [3.63, 3.8) is 0 Å². The van der Waals surface area contributed by atoms with Gasteiger partial charge < -0.3 is 4.40 Å². The van der Waals surface area contributed by atoms with Gasteiger partial charge in [-0.1, -0.05) is 24.3 Å². The number of rotatable bonds is 0. The maximum Gasteiger partial charge on any atom is 0.417 e. The van der Waals surface area contributed by atoms with E-state index in [-0.39, 0.29) is 5.52 Å². The molecule has 0 saturated carbocycles. The van der Waals surface area contributed by atoms with Crippen LogP contribution < -0.4 is 5.43 Å². The highest BCUT2D eigenvalue weighted by molar-refractivity contribution is 5.84. The topological polar surface area (TPSA) is 21.5 Å². The zero-order chi connectivity index (χ0) is 13.6. The van der Waals surface area contributed by atoms with E-state index in [0.717, 1.165) is 12.3 Å². The number of halogens is 3. The van der Waals surface area contributed by atoms with Crippen LogP contribution in [0, 0.1) is 0 Å². The minimum absolute atomic E-state index is 0.0218. The molecule has 2 aromatic heterocycles. The van der Waals surface area contributed by atoms with Gasteiger partial charge in [-0.25, -0.2) is 0 Å². The fourth-order valence-corrected chi connectivity index (χ4v) is 2.09. The van der Waals surface area contributed by atoms with Gasteiger partial charge in [0.15, 0.2) is 0 Å². The van der Waals surface area contributed by atoms with E-state index in [4.69, 9.17) is 0 Å². The number of alkyl halides is 3. The van der Waals surface area contributed by atoms with Gasteiger partial charge in [0.05, 0.1) is 11.1 Å². The second kappa shape index (κ2) is 3.85. The van der Waals surface area contributed by atoms with Crippen molar-refractivity contribution in [1.29, 1.82) is 0 Å². The first kappa shape index (κ1) is 11.8. The van der Waals surface area contributed by atoms with Crippen LogP contribution in [0.5, 0.6) is 0 Å². The quantitative estimate of drug-likeness (QED) is 0.608. The Morgan fingerprint density at radius 1 is 1.05 bits per heavy atom. The molecule has 2 heterocycles.